The average molecular weight is 378 g/mol. The van der Waals surface area contributed by atoms with Gasteiger partial charge in [0.15, 0.2) is 0 Å². The summed E-state index contributed by atoms with van der Waals surface area (Å²) in [5.41, 5.74) is 1.72. The van der Waals surface area contributed by atoms with Crippen LogP contribution in [0.5, 0.6) is 5.75 Å². The van der Waals surface area contributed by atoms with E-state index in [1.54, 1.807) is 7.11 Å². The zero-order valence-electron chi connectivity index (χ0n) is 16.2. The van der Waals surface area contributed by atoms with Crippen LogP contribution in [0.1, 0.15) is 18.4 Å². The summed E-state index contributed by atoms with van der Waals surface area (Å²) < 4.78 is 13.0. The highest BCUT2D eigenvalue weighted by molar-refractivity contribution is 5.88. The third-order valence-corrected chi connectivity index (χ3v) is 5.72. The standard InChI is InChI=1S/C23H26N2O3/c1-27-20-7-8-21-18(17-20)9-13-25(21)14-12-24-22(26)23(10-15-28-16-11-23)19-5-3-2-4-6-19/h2-9,13,17H,10-12,14-16H2,1H3,(H,24,26). The third-order valence-electron chi connectivity index (χ3n) is 5.72. The van der Waals surface area contributed by atoms with Crippen molar-refractivity contribution in [3.63, 3.8) is 0 Å². The maximum atomic E-state index is 13.2. The highest BCUT2D eigenvalue weighted by atomic mass is 16.5. The van der Waals surface area contributed by atoms with Crippen LogP contribution >= 0.6 is 0 Å². The lowest BCUT2D eigenvalue weighted by Gasteiger charge is -2.36. The zero-order valence-corrected chi connectivity index (χ0v) is 16.2. The largest absolute Gasteiger partial charge is 0.497 e. The molecular formula is C23H26N2O3. The Hall–Kier alpha value is -2.79. The lowest BCUT2D eigenvalue weighted by atomic mass is 9.73. The predicted molar refractivity (Wildman–Crippen MR) is 110 cm³/mol. The Morgan fingerprint density at radius 1 is 1.14 bits per heavy atom. The molecule has 0 aliphatic carbocycles. The normalized spacial score (nSPS) is 16.0. The lowest BCUT2D eigenvalue weighted by molar-refractivity contribution is -0.130. The predicted octanol–water partition coefficient (Wildman–Crippen LogP) is 3.51. The number of ether oxygens (including phenoxy) is 2. The Morgan fingerprint density at radius 3 is 2.68 bits per heavy atom. The summed E-state index contributed by atoms with van der Waals surface area (Å²) in [5.74, 6) is 0.947. The SMILES string of the molecule is COc1ccc2c(ccn2CCNC(=O)C2(c3ccccc3)CCOCC2)c1. The molecule has 0 spiro atoms. The molecule has 0 unspecified atom stereocenters. The molecule has 4 rings (SSSR count). The molecule has 1 aliphatic rings. The monoisotopic (exact) mass is 378 g/mol. The summed E-state index contributed by atoms with van der Waals surface area (Å²) in [5, 5.41) is 4.31. The van der Waals surface area contributed by atoms with Gasteiger partial charge in [-0.3, -0.25) is 4.79 Å². The third kappa shape index (κ3) is 3.50. The fourth-order valence-corrected chi connectivity index (χ4v) is 4.08. The van der Waals surface area contributed by atoms with Crippen LogP contribution in [0.2, 0.25) is 0 Å². The van der Waals surface area contributed by atoms with Crippen LogP contribution in [0.3, 0.4) is 0 Å². The molecule has 1 aromatic heterocycles. The number of carbonyl (C=O) groups is 1. The fraction of sp³-hybridized carbons (Fsp3) is 0.348. The number of benzene rings is 2. The van der Waals surface area contributed by atoms with Crippen molar-refractivity contribution in [2.75, 3.05) is 26.9 Å². The van der Waals surface area contributed by atoms with E-state index in [9.17, 15) is 4.79 Å². The molecule has 0 bridgehead atoms. The van der Waals surface area contributed by atoms with E-state index in [1.807, 2.05) is 30.3 Å². The molecule has 1 N–H and O–H groups in total. The molecule has 1 fully saturated rings. The number of fused-ring (bicyclic) bond motifs is 1. The van der Waals surface area contributed by atoms with Gasteiger partial charge in [-0.2, -0.15) is 0 Å². The topological polar surface area (TPSA) is 52.5 Å². The number of amides is 1. The van der Waals surface area contributed by atoms with Crippen molar-refractivity contribution in [3.8, 4) is 5.75 Å². The molecule has 2 heterocycles. The molecule has 2 aromatic carbocycles. The van der Waals surface area contributed by atoms with E-state index < -0.39 is 5.41 Å². The van der Waals surface area contributed by atoms with Crippen LogP contribution in [0.25, 0.3) is 10.9 Å². The maximum absolute atomic E-state index is 13.2. The second-order valence-electron chi connectivity index (χ2n) is 7.25. The molecule has 28 heavy (non-hydrogen) atoms. The number of rotatable bonds is 6. The minimum atomic E-state index is -0.494. The number of hydrogen-bond donors (Lipinski definition) is 1. The molecular weight excluding hydrogens is 352 g/mol. The van der Waals surface area contributed by atoms with Gasteiger partial charge in [0.25, 0.3) is 0 Å². The Bertz CT molecular complexity index is 943. The highest BCUT2D eigenvalue weighted by Crippen LogP contribution is 2.35. The van der Waals surface area contributed by atoms with Crippen LogP contribution in [0, 0.1) is 0 Å². The summed E-state index contributed by atoms with van der Waals surface area (Å²) in [4.78, 5) is 13.2. The Kier molecular flexibility index (Phi) is 5.35. The van der Waals surface area contributed by atoms with Crippen molar-refractivity contribution in [1.82, 2.24) is 9.88 Å². The second kappa shape index (κ2) is 8.07. The molecule has 0 atom stereocenters. The minimum Gasteiger partial charge on any atom is -0.497 e. The van der Waals surface area contributed by atoms with Crippen molar-refractivity contribution in [3.05, 3.63) is 66.4 Å². The quantitative estimate of drug-likeness (QED) is 0.714. The lowest BCUT2D eigenvalue weighted by Crippen LogP contribution is -2.48. The van der Waals surface area contributed by atoms with Crippen LogP contribution in [-0.4, -0.2) is 37.3 Å². The first kappa shape index (κ1) is 18.6. The zero-order chi connectivity index (χ0) is 19.4. The molecule has 0 radical (unpaired) electrons. The van der Waals surface area contributed by atoms with Crippen LogP contribution in [-0.2, 0) is 21.5 Å². The van der Waals surface area contributed by atoms with Crippen LogP contribution < -0.4 is 10.1 Å². The molecule has 1 amide bonds. The van der Waals surface area contributed by atoms with E-state index in [-0.39, 0.29) is 5.91 Å². The Morgan fingerprint density at radius 2 is 1.93 bits per heavy atom. The van der Waals surface area contributed by atoms with Crippen molar-refractivity contribution in [2.24, 2.45) is 0 Å². The fourth-order valence-electron chi connectivity index (χ4n) is 4.08. The smallest absolute Gasteiger partial charge is 0.230 e. The minimum absolute atomic E-state index is 0.0973. The summed E-state index contributed by atoms with van der Waals surface area (Å²) in [6.07, 6.45) is 3.49. The van der Waals surface area contributed by atoms with E-state index in [0.717, 1.165) is 41.6 Å². The van der Waals surface area contributed by atoms with Crippen molar-refractivity contribution < 1.29 is 14.3 Å². The Balaban J connectivity index is 1.46. The van der Waals surface area contributed by atoms with Gasteiger partial charge in [0.2, 0.25) is 5.91 Å². The van der Waals surface area contributed by atoms with Gasteiger partial charge >= 0.3 is 0 Å². The van der Waals surface area contributed by atoms with Crippen molar-refractivity contribution in [1.29, 1.82) is 0 Å². The molecule has 5 nitrogen and oxygen atoms in total. The van der Waals surface area contributed by atoms with Gasteiger partial charge in [0, 0.05) is 43.4 Å². The molecule has 1 saturated heterocycles. The van der Waals surface area contributed by atoms with Gasteiger partial charge in [0.05, 0.1) is 12.5 Å². The first-order chi connectivity index (χ1) is 13.7. The number of nitrogens with zero attached hydrogens (tertiary/aromatic N) is 1. The van der Waals surface area contributed by atoms with E-state index in [2.05, 4.69) is 40.3 Å². The molecule has 5 heteroatoms. The molecule has 146 valence electrons. The summed E-state index contributed by atoms with van der Waals surface area (Å²) in [7, 11) is 1.67. The summed E-state index contributed by atoms with van der Waals surface area (Å²) >= 11 is 0. The van der Waals surface area contributed by atoms with Crippen LogP contribution in [0.4, 0.5) is 0 Å². The summed E-state index contributed by atoms with van der Waals surface area (Å²) in [6.45, 7) is 2.55. The first-order valence-corrected chi connectivity index (χ1v) is 9.77. The Labute approximate surface area is 165 Å². The number of methoxy groups -OCH3 is 1. The van der Waals surface area contributed by atoms with Gasteiger partial charge in [-0.1, -0.05) is 30.3 Å². The first-order valence-electron chi connectivity index (χ1n) is 9.77. The average Bonchev–Trinajstić information content (AvgIpc) is 3.17. The van der Waals surface area contributed by atoms with E-state index in [4.69, 9.17) is 9.47 Å². The number of hydrogen-bond acceptors (Lipinski definition) is 3. The van der Waals surface area contributed by atoms with E-state index >= 15 is 0 Å². The molecule has 1 aliphatic heterocycles. The van der Waals surface area contributed by atoms with Gasteiger partial charge < -0.3 is 19.4 Å². The second-order valence-corrected chi connectivity index (χ2v) is 7.25. The van der Waals surface area contributed by atoms with Crippen molar-refractivity contribution in [2.45, 2.75) is 24.8 Å². The summed E-state index contributed by atoms with van der Waals surface area (Å²) in [6, 6.07) is 18.2. The number of carbonyl (C=O) groups excluding carboxylic acids is 1. The van der Waals surface area contributed by atoms with Crippen molar-refractivity contribution >= 4 is 16.8 Å². The number of aromatic nitrogens is 1. The van der Waals surface area contributed by atoms with Gasteiger partial charge in [-0.05, 0) is 42.7 Å². The molecule has 3 aromatic rings. The van der Waals surface area contributed by atoms with E-state index in [1.165, 1.54) is 0 Å². The molecule has 0 saturated carbocycles. The van der Waals surface area contributed by atoms with Gasteiger partial charge in [-0.25, -0.2) is 0 Å². The van der Waals surface area contributed by atoms with E-state index in [0.29, 0.717) is 19.8 Å². The highest BCUT2D eigenvalue weighted by Gasteiger charge is 2.41. The maximum Gasteiger partial charge on any atom is 0.230 e. The van der Waals surface area contributed by atoms with Gasteiger partial charge in [0.1, 0.15) is 5.75 Å². The van der Waals surface area contributed by atoms with Crippen LogP contribution in [0.15, 0.2) is 60.8 Å². The van der Waals surface area contributed by atoms with Gasteiger partial charge in [-0.15, -0.1) is 0 Å². The number of nitrogens with one attached hydrogen (secondary N) is 1.